The van der Waals surface area contributed by atoms with Crippen molar-refractivity contribution in [1.29, 1.82) is 0 Å². The molecule has 2 atom stereocenters. The average Bonchev–Trinajstić information content (AvgIpc) is 3.41. The molecule has 5 rings (SSSR count). The van der Waals surface area contributed by atoms with E-state index < -0.39 is 11.9 Å². The molecule has 0 unspecified atom stereocenters. The Morgan fingerprint density at radius 2 is 1.94 bits per heavy atom. The molecule has 33 heavy (non-hydrogen) atoms. The number of aliphatic hydroxyl groups is 1. The lowest BCUT2D eigenvalue weighted by atomic mass is 9.92. The van der Waals surface area contributed by atoms with Gasteiger partial charge in [-0.25, -0.2) is 9.07 Å². The fourth-order valence-electron chi connectivity index (χ4n) is 4.65. The first-order valence-electron chi connectivity index (χ1n) is 11.4. The van der Waals surface area contributed by atoms with Crippen molar-refractivity contribution < 1.29 is 14.3 Å². The quantitative estimate of drug-likeness (QED) is 0.479. The zero-order valence-corrected chi connectivity index (χ0v) is 18.5. The van der Waals surface area contributed by atoms with Crippen LogP contribution in [0.5, 0.6) is 0 Å². The Bertz CT molecular complexity index is 1290. The van der Waals surface area contributed by atoms with Gasteiger partial charge in [0, 0.05) is 24.3 Å². The number of carbonyl (C=O) groups excluding carboxylic acids is 1. The molecular formula is C26H27FN4O2. The molecule has 2 aromatic heterocycles. The van der Waals surface area contributed by atoms with Gasteiger partial charge >= 0.3 is 0 Å². The van der Waals surface area contributed by atoms with Crippen molar-refractivity contribution in [3.05, 3.63) is 83.6 Å². The molecule has 1 saturated carbocycles. The van der Waals surface area contributed by atoms with E-state index in [1.54, 1.807) is 12.3 Å². The van der Waals surface area contributed by atoms with E-state index in [2.05, 4.69) is 10.4 Å². The molecular weight excluding hydrogens is 419 g/mol. The molecule has 1 aliphatic rings. The molecule has 7 heteroatoms. The van der Waals surface area contributed by atoms with E-state index in [-0.39, 0.29) is 11.9 Å². The molecule has 0 radical (unpaired) electrons. The van der Waals surface area contributed by atoms with Crippen molar-refractivity contribution in [3.63, 3.8) is 0 Å². The monoisotopic (exact) mass is 446 g/mol. The SMILES string of the molecule is Cc1ccn(-c2ccc(Cn3cc(C(=O)N[C@H]4CCCC[C@@H]4O)c4c(F)cccc43)cc2)n1. The van der Waals surface area contributed by atoms with Crippen LogP contribution in [-0.4, -0.2) is 37.5 Å². The number of amides is 1. The number of aryl methyl sites for hydroxylation is 1. The first kappa shape index (κ1) is 21.4. The molecule has 0 spiro atoms. The topological polar surface area (TPSA) is 72.1 Å². The third-order valence-corrected chi connectivity index (χ3v) is 6.42. The second-order valence-corrected chi connectivity index (χ2v) is 8.80. The number of carbonyl (C=O) groups is 1. The molecule has 170 valence electrons. The minimum Gasteiger partial charge on any atom is -0.391 e. The summed E-state index contributed by atoms with van der Waals surface area (Å²) in [5.74, 6) is -0.774. The Morgan fingerprint density at radius 3 is 2.67 bits per heavy atom. The highest BCUT2D eigenvalue weighted by Crippen LogP contribution is 2.27. The Kier molecular flexibility index (Phi) is 5.72. The molecule has 0 aliphatic heterocycles. The van der Waals surface area contributed by atoms with Gasteiger partial charge < -0.3 is 15.0 Å². The standard InChI is InChI=1S/C26H27FN4O2/c1-17-13-14-31(29-17)19-11-9-18(10-12-19)15-30-16-20(25-21(27)5-4-7-23(25)30)26(33)28-22-6-2-3-8-24(22)32/h4-5,7,9-14,16,22,24,32H,2-3,6,8,15H2,1H3,(H,28,33)/t22-,24-/m0/s1. The van der Waals surface area contributed by atoms with E-state index in [0.29, 0.717) is 29.4 Å². The summed E-state index contributed by atoms with van der Waals surface area (Å²) >= 11 is 0. The van der Waals surface area contributed by atoms with Crippen LogP contribution in [0.2, 0.25) is 0 Å². The van der Waals surface area contributed by atoms with Gasteiger partial charge in [0.25, 0.3) is 5.91 Å². The molecule has 1 amide bonds. The van der Waals surface area contributed by atoms with Gasteiger partial charge in [-0.2, -0.15) is 5.10 Å². The fraction of sp³-hybridized carbons (Fsp3) is 0.308. The van der Waals surface area contributed by atoms with Crippen LogP contribution in [0.4, 0.5) is 4.39 Å². The lowest BCUT2D eigenvalue weighted by Gasteiger charge is -2.28. The zero-order valence-electron chi connectivity index (χ0n) is 18.5. The van der Waals surface area contributed by atoms with Crippen molar-refractivity contribution in [3.8, 4) is 5.69 Å². The van der Waals surface area contributed by atoms with Gasteiger partial charge in [-0.15, -0.1) is 0 Å². The Labute approximate surface area is 191 Å². The molecule has 1 fully saturated rings. The van der Waals surface area contributed by atoms with E-state index in [9.17, 15) is 14.3 Å². The number of halogens is 1. The predicted molar refractivity (Wildman–Crippen MR) is 125 cm³/mol. The van der Waals surface area contributed by atoms with Gasteiger partial charge in [0.1, 0.15) is 5.82 Å². The van der Waals surface area contributed by atoms with Crippen molar-refractivity contribution >= 4 is 16.8 Å². The Balaban J connectivity index is 1.43. The minimum atomic E-state index is -0.557. The summed E-state index contributed by atoms with van der Waals surface area (Å²) in [5.41, 5.74) is 3.90. The molecule has 1 aliphatic carbocycles. The smallest absolute Gasteiger partial charge is 0.253 e. The van der Waals surface area contributed by atoms with Crippen LogP contribution in [0, 0.1) is 12.7 Å². The summed E-state index contributed by atoms with van der Waals surface area (Å²) in [7, 11) is 0. The number of nitrogens with zero attached hydrogens (tertiary/aromatic N) is 3. The van der Waals surface area contributed by atoms with Crippen LogP contribution < -0.4 is 5.32 Å². The van der Waals surface area contributed by atoms with Gasteiger partial charge in [-0.05, 0) is 55.7 Å². The number of aliphatic hydroxyl groups excluding tert-OH is 1. The Hall–Kier alpha value is -3.45. The van der Waals surface area contributed by atoms with Crippen LogP contribution in [0.25, 0.3) is 16.6 Å². The highest BCUT2D eigenvalue weighted by molar-refractivity contribution is 6.07. The highest BCUT2D eigenvalue weighted by atomic mass is 19.1. The summed E-state index contributed by atoms with van der Waals surface area (Å²) in [6.07, 6.45) is 6.40. The van der Waals surface area contributed by atoms with Crippen LogP contribution in [0.15, 0.2) is 60.9 Å². The molecule has 6 nitrogen and oxygen atoms in total. The lowest BCUT2D eigenvalue weighted by molar-refractivity contribution is 0.0718. The van der Waals surface area contributed by atoms with Crippen molar-refractivity contribution in [2.45, 2.75) is 51.3 Å². The number of hydrogen-bond donors (Lipinski definition) is 2. The fourth-order valence-corrected chi connectivity index (χ4v) is 4.65. The summed E-state index contributed by atoms with van der Waals surface area (Å²) < 4.78 is 18.5. The van der Waals surface area contributed by atoms with Crippen LogP contribution in [-0.2, 0) is 6.54 Å². The van der Waals surface area contributed by atoms with E-state index in [0.717, 1.165) is 36.2 Å². The maximum absolute atomic E-state index is 14.8. The van der Waals surface area contributed by atoms with Crippen molar-refractivity contribution in [2.24, 2.45) is 0 Å². The van der Waals surface area contributed by atoms with Gasteiger partial charge in [0.2, 0.25) is 0 Å². The van der Waals surface area contributed by atoms with Crippen LogP contribution in [0.1, 0.15) is 47.3 Å². The summed E-state index contributed by atoms with van der Waals surface area (Å²) in [4.78, 5) is 13.1. The molecule has 0 bridgehead atoms. The lowest BCUT2D eigenvalue weighted by Crippen LogP contribution is -2.45. The maximum Gasteiger partial charge on any atom is 0.253 e. The normalized spacial score (nSPS) is 18.5. The second kappa shape index (κ2) is 8.83. The predicted octanol–water partition coefficient (Wildman–Crippen LogP) is 4.36. The van der Waals surface area contributed by atoms with E-state index in [1.807, 2.05) is 58.8 Å². The highest BCUT2D eigenvalue weighted by Gasteiger charge is 2.27. The molecule has 2 N–H and O–H groups in total. The second-order valence-electron chi connectivity index (χ2n) is 8.80. The first-order valence-corrected chi connectivity index (χ1v) is 11.4. The minimum absolute atomic E-state index is 0.296. The van der Waals surface area contributed by atoms with Crippen molar-refractivity contribution in [1.82, 2.24) is 19.7 Å². The first-order chi connectivity index (χ1) is 16.0. The Morgan fingerprint density at radius 1 is 1.15 bits per heavy atom. The van der Waals surface area contributed by atoms with Gasteiger partial charge in [0.05, 0.1) is 34.6 Å². The molecule has 2 heterocycles. The van der Waals surface area contributed by atoms with E-state index in [1.165, 1.54) is 6.07 Å². The van der Waals surface area contributed by atoms with Crippen LogP contribution in [0.3, 0.4) is 0 Å². The summed E-state index contributed by atoms with van der Waals surface area (Å²) in [6.45, 7) is 2.45. The number of aromatic nitrogens is 3. The number of hydrogen-bond acceptors (Lipinski definition) is 3. The molecule has 2 aromatic carbocycles. The van der Waals surface area contributed by atoms with E-state index >= 15 is 0 Å². The van der Waals surface area contributed by atoms with E-state index in [4.69, 9.17) is 0 Å². The maximum atomic E-state index is 14.8. The summed E-state index contributed by atoms with van der Waals surface area (Å²) in [6, 6.07) is 14.5. The number of nitrogens with one attached hydrogen (secondary N) is 1. The van der Waals surface area contributed by atoms with Gasteiger partial charge in [-0.3, -0.25) is 4.79 Å². The number of benzene rings is 2. The van der Waals surface area contributed by atoms with Crippen LogP contribution >= 0.6 is 0 Å². The number of rotatable bonds is 5. The third-order valence-electron chi connectivity index (χ3n) is 6.42. The molecule has 0 saturated heterocycles. The largest absolute Gasteiger partial charge is 0.391 e. The summed E-state index contributed by atoms with van der Waals surface area (Å²) in [5, 5.41) is 17.9. The van der Waals surface area contributed by atoms with Gasteiger partial charge in [0.15, 0.2) is 0 Å². The third kappa shape index (κ3) is 4.28. The van der Waals surface area contributed by atoms with Gasteiger partial charge in [-0.1, -0.05) is 31.0 Å². The number of fused-ring (bicyclic) bond motifs is 1. The molecule has 4 aromatic rings. The van der Waals surface area contributed by atoms with Crippen molar-refractivity contribution in [2.75, 3.05) is 0 Å². The zero-order chi connectivity index (χ0) is 22.9. The average molecular weight is 447 g/mol.